The van der Waals surface area contributed by atoms with Gasteiger partial charge in [-0.2, -0.15) is 0 Å². The molecule has 9 nitrogen and oxygen atoms in total. The van der Waals surface area contributed by atoms with Crippen LogP contribution in [0.4, 0.5) is 0 Å². The first kappa shape index (κ1) is 20.8. The molecule has 0 aliphatic carbocycles. The van der Waals surface area contributed by atoms with Crippen LogP contribution in [0, 0.1) is 0 Å². The average molecular weight is 399 g/mol. The smallest absolute Gasteiger partial charge is 0.394 e. The van der Waals surface area contributed by atoms with Crippen molar-refractivity contribution < 1.29 is 44.4 Å². The number of hydrogen-bond acceptors (Lipinski definition) is 7. The van der Waals surface area contributed by atoms with Crippen molar-refractivity contribution in [2.75, 3.05) is 13.2 Å². The van der Waals surface area contributed by atoms with E-state index < -0.39 is 45.5 Å². The molecule has 11 heteroatoms. The molecule has 100 valence electrons. The van der Waals surface area contributed by atoms with Crippen LogP contribution < -0.4 is 0 Å². The van der Waals surface area contributed by atoms with Crippen molar-refractivity contribution in [1.82, 2.24) is 0 Å². The predicted octanol–water partition coefficient (Wildman–Crippen LogP) is -3.85. The molecule has 0 amide bonds. The molecule has 0 heterocycles. The summed E-state index contributed by atoms with van der Waals surface area (Å²) in [5.74, 6) is 0. The Morgan fingerprint density at radius 1 is 1.00 bits per heavy atom. The normalized spacial score (nSPS) is 19.0. The second-order valence-electron chi connectivity index (χ2n) is 3.08. The van der Waals surface area contributed by atoms with E-state index in [0.717, 1.165) is 0 Å². The zero-order chi connectivity index (χ0) is 12.9. The Bertz CT molecular complexity index is 246. The van der Waals surface area contributed by atoms with Crippen molar-refractivity contribution in [1.29, 1.82) is 0 Å². The maximum Gasteiger partial charge on any atom is 0.469 e. The molecular formula is C6H15BaO9P. The van der Waals surface area contributed by atoms with Gasteiger partial charge in [-0.3, -0.25) is 4.52 Å². The molecule has 2 radical (unpaired) electrons. The third kappa shape index (κ3) is 9.08. The third-order valence-corrected chi connectivity index (χ3v) is 2.22. The Balaban J connectivity index is 0. The van der Waals surface area contributed by atoms with Crippen molar-refractivity contribution in [3.63, 3.8) is 0 Å². The number of aliphatic hydroxyl groups excluding tert-OH is 5. The number of phosphoric ester groups is 1. The van der Waals surface area contributed by atoms with E-state index in [-0.39, 0.29) is 48.9 Å². The van der Waals surface area contributed by atoms with Crippen LogP contribution in [-0.2, 0) is 9.09 Å². The van der Waals surface area contributed by atoms with Gasteiger partial charge in [-0.25, -0.2) is 4.57 Å². The molecule has 0 aromatic heterocycles. The molecular weight excluding hydrogens is 384 g/mol. The van der Waals surface area contributed by atoms with Gasteiger partial charge in [-0.05, 0) is 0 Å². The molecule has 0 aromatic rings. The van der Waals surface area contributed by atoms with Crippen LogP contribution in [0.25, 0.3) is 0 Å². The fourth-order valence-electron chi connectivity index (χ4n) is 0.835. The SMILES string of the molecule is O=P(O)(O)OCC(O)C(O)C(O)C(O)CO.[Ba]. The number of hydrogen-bond donors (Lipinski definition) is 7. The molecule has 0 aliphatic rings. The van der Waals surface area contributed by atoms with Crippen molar-refractivity contribution in [2.24, 2.45) is 0 Å². The van der Waals surface area contributed by atoms with E-state index in [2.05, 4.69) is 4.52 Å². The molecule has 0 rings (SSSR count). The molecule has 0 saturated carbocycles. The van der Waals surface area contributed by atoms with Gasteiger partial charge in [0.25, 0.3) is 0 Å². The van der Waals surface area contributed by atoms with Gasteiger partial charge < -0.3 is 35.3 Å². The van der Waals surface area contributed by atoms with E-state index in [4.69, 9.17) is 30.2 Å². The second kappa shape index (κ2) is 9.40. The van der Waals surface area contributed by atoms with E-state index >= 15 is 0 Å². The number of phosphoric acid groups is 1. The van der Waals surface area contributed by atoms with E-state index in [1.165, 1.54) is 0 Å². The summed E-state index contributed by atoms with van der Waals surface area (Å²) in [4.78, 5) is 16.6. The van der Waals surface area contributed by atoms with Crippen LogP contribution in [0.5, 0.6) is 0 Å². The van der Waals surface area contributed by atoms with Crippen molar-refractivity contribution >= 4 is 56.7 Å². The van der Waals surface area contributed by atoms with Crippen LogP contribution in [0.15, 0.2) is 0 Å². The Kier molecular flexibility index (Phi) is 11.5. The summed E-state index contributed by atoms with van der Waals surface area (Å²) in [7, 11) is -4.78. The topological polar surface area (TPSA) is 168 Å². The van der Waals surface area contributed by atoms with E-state index in [1.54, 1.807) is 0 Å². The zero-order valence-corrected chi connectivity index (χ0v) is 14.2. The monoisotopic (exact) mass is 400 g/mol. The van der Waals surface area contributed by atoms with Gasteiger partial charge in [0.15, 0.2) is 0 Å². The minimum Gasteiger partial charge on any atom is -0.394 e. The molecule has 0 aromatic carbocycles. The first-order valence-electron chi connectivity index (χ1n) is 4.22. The minimum atomic E-state index is -4.78. The first-order chi connectivity index (χ1) is 7.19. The maximum atomic E-state index is 10.2. The fourth-order valence-corrected chi connectivity index (χ4v) is 1.18. The van der Waals surface area contributed by atoms with Crippen molar-refractivity contribution in [3.05, 3.63) is 0 Å². The van der Waals surface area contributed by atoms with Gasteiger partial charge >= 0.3 is 7.82 Å². The predicted molar refractivity (Wildman–Crippen MR) is 54.9 cm³/mol. The summed E-state index contributed by atoms with van der Waals surface area (Å²) in [5.41, 5.74) is 0. The summed E-state index contributed by atoms with van der Waals surface area (Å²) < 4.78 is 14.1. The van der Waals surface area contributed by atoms with Crippen LogP contribution in [0.1, 0.15) is 0 Å². The molecule has 0 saturated heterocycles. The van der Waals surface area contributed by atoms with Crippen molar-refractivity contribution in [2.45, 2.75) is 24.4 Å². The Morgan fingerprint density at radius 3 is 1.76 bits per heavy atom. The second-order valence-corrected chi connectivity index (χ2v) is 4.32. The average Bonchev–Trinajstić information content (AvgIpc) is 2.21. The minimum absolute atomic E-state index is 0. The third-order valence-electron chi connectivity index (χ3n) is 1.74. The van der Waals surface area contributed by atoms with E-state index in [0.29, 0.717) is 0 Å². The molecule has 7 N–H and O–H groups in total. The van der Waals surface area contributed by atoms with Crippen LogP contribution >= 0.6 is 7.82 Å². The summed E-state index contributed by atoms with van der Waals surface area (Å²) in [6.07, 6.45) is -7.27. The van der Waals surface area contributed by atoms with Gasteiger partial charge in [0.1, 0.15) is 24.4 Å². The van der Waals surface area contributed by atoms with Gasteiger partial charge in [-0.15, -0.1) is 0 Å². The van der Waals surface area contributed by atoms with E-state index in [1.807, 2.05) is 0 Å². The van der Waals surface area contributed by atoms with Gasteiger partial charge in [0.2, 0.25) is 0 Å². The van der Waals surface area contributed by atoms with Gasteiger partial charge in [0, 0.05) is 48.9 Å². The van der Waals surface area contributed by atoms with Gasteiger partial charge in [0.05, 0.1) is 13.2 Å². The summed E-state index contributed by atoms with van der Waals surface area (Å²) in [6.45, 7) is -1.77. The van der Waals surface area contributed by atoms with E-state index in [9.17, 15) is 9.67 Å². The summed E-state index contributed by atoms with van der Waals surface area (Å²) in [6, 6.07) is 0. The molecule has 0 bridgehead atoms. The van der Waals surface area contributed by atoms with Gasteiger partial charge in [-0.1, -0.05) is 0 Å². The summed E-state index contributed by atoms with van der Waals surface area (Å²) >= 11 is 0. The van der Waals surface area contributed by atoms with Crippen LogP contribution in [0.3, 0.4) is 0 Å². The Morgan fingerprint density at radius 2 is 1.41 bits per heavy atom. The molecule has 0 spiro atoms. The fraction of sp³-hybridized carbons (Fsp3) is 1.00. The Labute approximate surface area is 137 Å². The van der Waals surface area contributed by atoms with Crippen molar-refractivity contribution in [3.8, 4) is 0 Å². The largest absolute Gasteiger partial charge is 0.469 e. The summed E-state index contributed by atoms with van der Waals surface area (Å²) in [5, 5.41) is 44.8. The van der Waals surface area contributed by atoms with Crippen LogP contribution in [0.2, 0.25) is 0 Å². The molecule has 17 heavy (non-hydrogen) atoms. The van der Waals surface area contributed by atoms with Crippen LogP contribution in [-0.4, -0.2) is 122 Å². The molecule has 4 atom stereocenters. The number of rotatable bonds is 7. The standard InChI is InChI=1S/C6H15O9P.Ba/c7-1-3(8)5(10)6(11)4(9)2-15-16(12,13)14;/h3-11H,1-2H2,(H2,12,13,14);. The Hall–Kier alpha value is 1.48. The number of aliphatic hydroxyl groups is 5. The molecule has 0 fully saturated rings. The zero-order valence-electron chi connectivity index (χ0n) is 8.82. The quantitative estimate of drug-likeness (QED) is 0.167. The molecule has 4 unspecified atom stereocenters. The maximum absolute atomic E-state index is 10.2. The molecule has 0 aliphatic heterocycles. The first-order valence-corrected chi connectivity index (χ1v) is 5.75.